The molecule has 2 aromatic carbocycles. The lowest BCUT2D eigenvalue weighted by Gasteiger charge is -2.42. The van der Waals surface area contributed by atoms with E-state index in [1.54, 1.807) is 30.4 Å². The first-order valence-electron chi connectivity index (χ1n) is 10.5. The third-order valence-corrected chi connectivity index (χ3v) is 6.22. The van der Waals surface area contributed by atoms with Gasteiger partial charge in [0.15, 0.2) is 0 Å². The van der Waals surface area contributed by atoms with E-state index in [4.69, 9.17) is 4.74 Å². The molecule has 4 rings (SSSR count). The second-order valence-electron chi connectivity index (χ2n) is 8.30. The van der Waals surface area contributed by atoms with Crippen molar-refractivity contribution in [3.8, 4) is 17.0 Å². The number of amides is 1. The summed E-state index contributed by atoms with van der Waals surface area (Å²) in [6.07, 6.45) is 0.0389. The summed E-state index contributed by atoms with van der Waals surface area (Å²) in [5.41, 5.74) is 1.37. The summed E-state index contributed by atoms with van der Waals surface area (Å²) in [7, 11) is 0. The highest BCUT2D eigenvalue weighted by Gasteiger charge is 2.40. The first kappa shape index (κ1) is 22.4. The summed E-state index contributed by atoms with van der Waals surface area (Å²) in [6, 6.07) is 13.5. The molecule has 1 saturated heterocycles. The number of β-amino-alcohol motifs (C(OH)–C–C–N with tert-alkyl or cyclic N) is 1. The highest BCUT2D eigenvalue weighted by Crippen LogP contribution is 2.27. The number of halogens is 1. The van der Waals surface area contributed by atoms with Crippen molar-refractivity contribution >= 4 is 22.9 Å². The number of piperidine rings is 1. The lowest BCUT2D eigenvalue weighted by atomic mass is 9.91. The van der Waals surface area contributed by atoms with Crippen LogP contribution in [0.25, 0.3) is 11.3 Å². The molecule has 2 N–H and O–H groups in total. The predicted octanol–water partition coefficient (Wildman–Crippen LogP) is 4.10. The zero-order valence-corrected chi connectivity index (χ0v) is 18.9. The minimum atomic E-state index is -1.17. The average Bonchev–Trinajstić information content (AvgIpc) is 3.16. The molecule has 0 spiro atoms. The van der Waals surface area contributed by atoms with Gasteiger partial charge in [0.25, 0.3) is 0 Å². The normalized spacial score (nSPS) is 21.3. The van der Waals surface area contributed by atoms with Crippen LogP contribution in [0.5, 0.6) is 5.75 Å². The molecule has 0 radical (unpaired) electrons. The van der Waals surface area contributed by atoms with Gasteiger partial charge in [-0.2, -0.15) is 0 Å². The zero-order valence-electron chi connectivity index (χ0n) is 18.0. The van der Waals surface area contributed by atoms with Gasteiger partial charge in [0, 0.05) is 35.8 Å². The van der Waals surface area contributed by atoms with E-state index in [2.05, 4.69) is 10.3 Å². The Balaban J connectivity index is 1.34. The Kier molecular flexibility index (Phi) is 6.55. The van der Waals surface area contributed by atoms with E-state index < -0.39 is 11.7 Å². The van der Waals surface area contributed by atoms with Crippen LogP contribution in [0.15, 0.2) is 53.9 Å². The van der Waals surface area contributed by atoms with Crippen molar-refractivity contribution in [2.45, 2.75) is 32.0 Å². The summed E-state index contributed by atoms with van der Waals surface area (Å²) in [5, 5.41) is 16.8. The molecule has 0 aliphatic carbocycles. The molecule has 2 heterocycles. The van der Waals surface area contributed by atoms with E-state index >= 15 is 0 Å². The van der Waals surface area contributed by atoms with Crippen LogP contribution in [0.1, 0.15) is 18.4 Å². The number of anilines is 1. The summed E-state index contributed by atoms with van der Waals surface area (Å²) in [4.78, 5) is 19.0. The van der Waals surface area contributed by atoms with Crippen LogP contribution in [-0.2, 0) is 4.79 Å². The number of hydrogen-bond donors (Lipinski definition) is 2. The Morgan fingerprint density at radius 2 is 2.16 bits per heavy atom. The molecule has 0 unspecified atom stereocenters. The van der Waals surface area contributed by atoms with Gasteiger partial charge in [0.2, 0.25) is 5.91 Å². The van der Waals surface area contributed by atoms with Crippen molar-refractivity contribution in [3.05, 3.63) is 64.7 Å². The van der Waals surface area contributed by atoms with Crippen LogP contribution in [0.3, 0.4) is 0 Å². The molecule has 1 aliphatic heterocycles. The van der Waals surface area contributed by atoms with Gasteiger partial charge >= 0.3 is 0 Å². The molecule has 2 atom stereocenters. The van der Waals surface area contributed by atoms with Gasteiger partial charge in [-0.25, -0.2) is 9.37 Å². The Labute approximate surface area is 190 Å². The standard InChI is InChI=1S/C24H26FN3O3S/c1-16-26-21(14-32-16)17-5-3-7-19(11-17)27-23(29)13-28-10-9-22(24(2,30)15-28)31-20-8-4-6-18(25)12-20/h3-8,11-12,14,22,30H,9-10,13,15H2,1-2H3,(H,27,29)/t22-,24-/m0/s1. The summed E-state index contributed by atoms with van der Waals surface area (Å²) in [5.74, 6) is -0.154. The maximum Gasteiger partial charge on any atom is 0.238 e. The van der Waals surface area contributed by atoms with Crippen LogP contribution < -0.4 is 10.1 Å². The van der Waals surface area contributed by atoms with Gasteiger partial charge in [-0.3, -0.25) is 9.69 Å². The number of thiazole rings is 1. The minimum Gasteiger partial charge on any atom is -0.487 e. The molecule has 1 fully saturated rings. The van der Waals surface area contributed by atoms with Crippen LogP contribution in [0, 0.1) is 12.7 Å². The van der Waals surface area contributed by atoms with E-state index in [9.17, 15) is 14.3 Å². The van der Waals surface area contributed by atoms with Gasteiger partial charge in [-0.15, -0.1) is 11.3 Å². The van der Waals surface area contributed by atoms with Gasteiger partial charge in [0.1, 0.15) is 23.3 Å². The van der Waals surface area contributed by atoms with Crippen molar-refractivity contribution in [3.63, 3.8) is 0 Å². The molecule has 6 nitrogen and oxygen atoms in total. The van der Waals surface area contributed by atoms with E-state index in [0.29, 0.717) is 24.4 Å². The molecule has 1 aromatic heterocycles. The third kappa shape index (κ3) is 5.51. The average molecular weight is 456 g/mol. The summed E-state index contributed by atoms with van der Waals surface area (Å²) in [6.45, 7) is 4.66. The Hall–Kier alpha value is -2.81. The monoisotopic (exact) mass is 455 g/mol. The number of rotatable bonds is 6. The summed E-state index contributed by atoms with van der Waals surface area (Å²) >= 11 is 1.59. The molecular weight excluding hydrogens is 429 g/mol. The van der Waals surface area contributed by atoms with Crippen molar-refractivity contribution in [2.24, 2.45) is 0 Å². The fourth-order valence-corrected chi connectivity index (χ4v) is 4.55. The van der Waals surface area contributed by atoms with Crippen molar-refractivity contribution in [1.29, 1.82) is 0 Å². The Bertz CT molecular complexity index is 1100. The number of hydrogen-bond acceptors (Lipinski definition) is 6. The number of benzene rings is 2. The van der Waals surface area contributed by atoms with Crippen molar-refractivity contribution in [2.75, 3.05) is 25.0 Å². The number of aromatic nitrogens is 1. The molecule has 0 bridgehead atoms. The first-order chi connectivity index (χ1) is 15.3. The fraction of sp³-hybridized carbons (Fsp3) is 0.333. The molecule has 32 heavy (non-hydrogen) atoms. The molecule has 168 valence electrons. The van der Waals surface area contributed by atoms with E-state index in [1.165, 1.54) is 12.1 Å². The highest BCUT2D eigenvalue weighted by molar-refractivity contribution is 7.09. The van der Waals surface area contributed by atoms with E-state index in [1.807, 2.05) is 41.5 Å². The second-order valence-corrected chi connectivity index (χ2v) is 9.36. The molecule has 1 amide bonds. The second kappa shape index (κ2) is 9.36. The first-order valence-corrected chi connectivity index (χ1v) is 11.4. The number of likely N-dealkylation sites (tertiary alicyclic amines) is 1. The molecule has 0 saturated carbocycles. The van der Waals surface area contributed by atoms with Gasteiger partial charge in [-0.05, 0) is 44.5 Å². The van der Waals surface area contributed by atoms with Crippen LogP contribution >= 0.6 is 11.3 Å². The van der Waals surface area contributed by atoms with Gasteiger partial charge < -0.3 is 15.2 Å². The number of nitrogens with one attached hydrogen (secondary N) is 1. The van der Waals surface area contributed by atoms with Crippen molar-refractivity contribution < 1.29 is 19.0 Å². The van der Waals surface area contributed by atoms with Crippen LogP contribution in [0.4, 0.5) is 10.1 Å². The quantitative estimate of drug-likeness (QED) is 0.585. The molecular formula is C24H26FN3O3S. The Morgan fingerprint density at radius 1 is 1.34 bits per heavy atom. The molecule has 1 aliphatic rings. The number of carbonyl (C=O) groups is 1. The third-order valence-electron chi connectivity index (χ3n) is 5.45. The van der Waals surface area contributed by atoms with Gasteiger partial charge in [0.05, 0.1) is 17.2 Å². The van der Waals surface area contributed by atoms with E-state index in [0.717, 1.165) is 16.3 Å². The predicted molar refractivity (Wildman–Crippen MR) is 123 cm³/mol. The van der Waals surface area contributed by atoms with Crippen molar-refractivity contribution in [1.82, 2.24) is 9.88 Å². The smallest absolute Gasteiger partial charge is 0.238 e. The number of nitrogens with zero attached hydrogens (tertiary/aromatic N) is 2. The Morgan fingerprint density at radius 3 is 2.88 bits per heavy atom. The maximum atomic E-state index is 13.4. The lowest BCUT2D eigenvalue weighted by molar-refractivity contribution is -0.123. The van der Waals surface area contributed by atoms with Crippen LogP contribution in [0.2, 0.25) is 0 Å². The number of aryl methyl sites for hydroxylation is 1. The zero-order chi connectivity index (χ0) is 22.7. The van der Waals surface area contributed by atoms with Gasteiger partial charge in [-0.1, -0.05) is 18.2 Å². The number of ether oxygens (including phenoxy) is 1. The number of carbonyl (C=O) groups excluding carboxylic acids is 1. The highest BCUT2D eigenvalue weighted by atomic mass is 32.1. The summed E-state index contributed by atoms with van der Waals surface area (Å²) < 4.78 is 19.3. The lowest BCUT2D eigenvalue weighted by Crippen LogP contribution is -2.58. The topological polar surface area (TPSA) is 74.7 Å². The fourth-order valence-electron chi connectivity index (χ4n) is 3.93. The maximum absolute atomic E-state index is 13.4. The minimum absolute atomic E-state index is 0.156. The van der Waals surface area contributed by atoms with E-state index in [-0.39, 0.29) is 24.8 Å². The largest absolute Gasteiger partial charge is 0.487 e. The molecule has 3 aromatic rings. The van der Waals surface area contributed by atoms with Crippen LogP contribution in [-0.4, -0.2) is 52.2 Å². The number of aliphatic hydroxyl groups is 1. The molecule has 8 heteroatoms. The SMILES string of the molecule is Cc1nc(-c2cccc(NC(=O)CN3CC[C@H](Oc4cccc(F)c4)[C@@](C)(O)C3)c2)cs1.